The minimum atomic E-state index is -0.0259. The molecule has 0 saturated carbocycles. The van der Waals surface area contributed by atoms with Crippen LogP contribution in [0.1, 0.15) is 58.1 Å². The van der Waals surface area contributed by atoms with Gasteiger partial charge in [0, 0.05) is 27.7 Å². The third-order valence-electron chi connectivity index (χ3n) is 7.28. The van der Waals surface area contributed by atoms with Gasteiger partial charge in [0.05, 0.1) is 21.9 Å². The van der Waals surface area contributed by atoms with E-state index in [2.05, 4.69) is 41.7 Å². The fraction of sp³-hybridized carbons (Fsp3) is 0.333. The summed E-state index contributed by atoms with van der Waals surface area (Å²) < 4.78 is 0. The molecule has 2 heterocycles. The lowest BCUT2D eigenvalue weighted by molar-refractivity contribution is 0.205. The van der Waals surface area contributed by atoms with E-state index in [4.69, 9.17) is 0 Å². The second-order valence-corrected chi connectivity index (χ2v) is 9.59. The molecule has 0 radical (unpaired) electrons. The van der Waals surface area contributed by atoms with Crippen LogP contribution in [-0.2, 0) is 0 Å². The van der Waals surface area contributed by atoms with Gasteiger partial charge in [-0.2, -0.15) is 0 Å². The van der Waals surface area contributed by atoms with Crippen molar-refractivity contribution in [2.75, 3.05) is 13.1 Å². The van der Waals surface area contributed by atoms with E-state index in [-0.39, 0.29) is 16.9 Å². The number of pyridine rings is 2. The first kappa shape index (κ1) is 23.3. The van der Waals surface area contributed by atoms with E-state index in [0.29, 0.717) is 27.2 Å². The number of hydrogen-bond donors (Lipinski definition) is 2. The fourth-order valence-electron chi connectivity index (χ4n) is 5.24. The van der Waals surface area contributed by atoms with Gasteiger partial charge in [0.2, 0.25) is 0 Å². The zero-order valence-electron chi connectivity index (χ0n) is 20.8. The minimum absolute atomic E-state index is 0.0121. The summed E-state index contributed by atoms with van der Waals surface area (Å²) in [6.07, 6.45) is 4.59. The molecular weight excluding hydrogens is 434 g/mol. The summed E-state index contributed by atoms with van der Waals surface area (Å²) in [6.45, 7) is 8.70. The van der Waals surface area contributed by atoms with Crippen molar-refractivity contribution in [3.8, 4) is 0 Å². The van der Waals surface area contributed by atoms with Crippen molar-refractivity contribution in [1.82, 2.24) is 14.9 Å². The predicted molar refractivity (Wildman–Crippen MR) is 148 cm³/mol. The molecule has 35 heavy (non-hydrogen) atoms. The Morgan fingerprint density at radius 3 is 2.00 bits per heavy atom. The van der Waals surface area contributed by atoms with Crippen LogP contribution in [0, 0.1) is 0 Å². The summed E-state index contributed by atoms with van der Waals surface area (Å²) in [6, 6.07) is 17.4. The summed E-state index contributed by atoms with van der Waals surface area (Å²) in [4.78, 5) is 36.4. The molecule has 0 fully saturated rings. The topological polar surface area (TPSA) is 69.0 Å². The van der Waals surface area contributed by atoms with Crippen molar-refractivity contribution >= 4 is 43.6 Å². The van der Waals surface area contributed by atoms with E-state index in [1.165, 1.54) is 0 Å². The van der Waals surface area contributed by atoms with Crippen LogP contribution in [0.2, 0.25) is 0 Å². The highest BCUT2D eigenvalue weighted by atomic mass is 16.1. The largest absolute Gasteiger partial charge is 0.354 e. The number of nitrogens with zero attached hydrogens (tertiary/aromatic N) is 1. The Balaban J connectivity index is 1.73. The Labute approximate surface area is 204 Å². The van der Waals surface area contributed by atoms with Crippen molar-refractivity contribution < 1.29 is 0 Å². The Bertz CT molecular complexity index is 1640. The fourth-order valence-corrected chi connectivity index (χ4v) is 5.24. The molecule has 5 rings (SSSR count). The van der Waals surface area contributed by atoms with E-state index < -0.39 is 0 Å². The van der Waals surface area contributed by atoms with Gasteiger partial charge in [0.15, 0.2) is 10.9 Å². The lowest BCUT2D eigenvalue weighted by Gasteiger charge is -2.30. The molecule has 0 spiro atoms. The number of unbranched alkanes of at least 4 members (excludes halogenated alkanes) is 2. The number of H-pyrrole nitrogens is 2. The van der Waals surface area contributed by atoms with Crippen LogP contribution in [0.15, 0.2) is 64.2 Å². The molecular formula is C30H33N3O2. The first-order chi connectivity index (χ1) is 17.0. The zero-order chi connectivity index (χ0) is 24.5. The first-order valence-corrected chi connectivity index (χ1v) is 12.8. The number of benzene rings is 3. The molecule has 5 aromatic rings. The number of rotatable bonds is 8. The van der Waals surface area contributed by atoms with Gasteiger partial charge >= 0.3 is 0 Å². The van der Waals surface area contributed by atoms with Crippen LogP contribution in [0.4, 0.5) is 0 Å². The van der Waals surface area contributed by atoms with Gasteiger partial charge in [0.25, 0.3) is 0 Å². The van der Waals surface area contributed by atoms with Crippen LogP contribution < -0.4 is 10.9 Å². The standard InChI is InChI=1S/C30H33N3O2/c1-4-6-15-33(16-7-5-2)19(3)20-12-10-14-25-28(20)30(35)23-18-26-22(17-27(23)32-25)29(34)21-11-8-9-13-24(21)31-26/h8-14,17-19H,4-7,15-16H2,1-3H3,(H,31,34)(H,32,35). The van der Waals surface area contributed by atoms with Gasteiger partial charge in [0.1, 0.15) is 0 Å². The number of aromatic nitrogens is 2. The number of fused-ring (bicyclic) bond motifs is 4. The molecule has 2 aromatic heterocycles. The van der Waals surface area contributed by atoms with Gasteiger partial charge in [-0.15, -0.1) is 0 Å². The molecule has 5 heteroatoms. The molecule has 0 aliphatic rings. The van der Waals surface area contributed by atoms with Gasteiger partial charge in [-0.25, -0.2) is 0 Å². The van der Waals surface area contributed by atoms with Crippen molar-refractivity contribution in [1.29, 1.82) is 0 Å². The molecule has 0 aliphatic carbocycles. The minimum Gasteiger partial charge on any atom is -0.354 e. The average Bonchev–Trinajstić information content (AvgIpc) is 2.88. The molecule has 5 nitrogen and oxygen atoms in total. The van der Waals surface area contributed by atoms with Crippen LogP contribution in [0.3, 0.4) is 0 Å². The molecule has 0 bridgehead atoms. The Hall–Kier alpha value is -3.44. The number of nitrogens with one attached hydrogen (secondary N) is 2. The van der Waals surface area contributed by atoms with Gasteiger partial charge in [-0.3, -0.25) is 14.5 Å². The number of para-hydroxylation sites is 1. The highest BCUT2D eigenvalue weighted by Gasteiger charge is 2.20. The summed E-state index contributed by atoms with van der Waals surface area (Å²) in [5.74, 6) is 0. The molecule has 2 N–H and O–H groups in total. The Morgan fingerprint density at radius 1 is 0.714 bits per heavy atom. The maximum absolute atomic E-state index is 13.9. The van der Waals surface area contributed by atoms with Crippen LogP contribution >= 0.6 is 0 Å². The molecule has 0 aliphatic heterocycles. The maximum atomic E-state index is 13.9. The maximum Gasteiger partial charge on any atom is 0.197 e. The van der Waals surface area contributed by atoms with E-state index in [1.807, 2.05) is 48.5 Å². The molecule has 0 saturated heterocycles. The van der Waals surface area contributed by atoms with E-state index in [0.717, 1.165) is 60.8 Å². The monoisotopic (exact) mass is 467 g/mol. The van der Waals surface area contributed by atoms with Gasteiger partial charge in [-0.1, -0.05) is 51.0 Å². The van der Waals surface area contributed by atoms with E-state index in [9.17, 15) is 9.59 Å². The molecule has 1 unspecified atom stereocenters. The van der Waals surface area contributed by atoms with Crippen molar-refractivity contribution in [2.45, 2.75) is 52.5 Å². The van der Waals surface area contributed by atoms with Crippen molar-refractivity contribution in [2.24, 2.45) is 0 Å². The van der Waals surface area contributed by atoms with Crippen LogP contribution in [0.25, 0.3) is 43.6 Å². The van der Waals surface area contributed by atoms with Gasteiger partial charge in [-0.05, 0) is 68.8 Å². The Kier molecular flexibility index (Phi) is 6.44. The smallest absolute Gasteiger partial charge is 0.197 e. The predicted octanol–water partition coefficient (Wildman–Crippen LogP) is 6.64. The van der Waals surface area contributed by atoms with Crippen molar-refractivity contribution in [3.05, 3.63) is 80.6 Å². The summed E-state index contributed by atoms with van der Waals surface area (Å²) in [7, 11) is 0. The second kappa shape index (κ2) is 9.67. The van der Waals surface area contributed by atoms with Crippen LogP contribution in [-0.4, -0.2) is 28.0 Å². The van der Waals surface area contributed by atoms with E-state index >= 15 is 0 Å². The molecule has 180 valence electrons. The average molecular weight is 468 g/mol. The number of aromatic amines is 2. The molecule has 3 aromatic carbocycles. The lowest BCUT2D eigenvalue weighted by Crippen LogP contribution is -2.30. The van der Waals surface area contributed by atoms with E-state index in [1.54, 1.807) is 0 Å². The first-order valence-electron chi connectivity index (χ1n) is 12.8. The summed E-state index contributed by atoms with van der Waals surface area (Å²) in [5, 5.41) is 2.58. The Morgan fingerprint density at radius 2 is 1.31 bits per heavy atom. The van der Waals surface area contributed by atoms with Crippen LogP contribution in [0.5, 0.6) is 0 Å². The normalized spacial score (nSPS) is 12.9. The third kappa shape index (κ3) is 4.14. The number of hydrogen-bond acceptors (Lipinski definition) is 3. The molecule has 1 atom stereocenters. The second-order valence-electron chi connectivity index (χ2n) is 9.59. The quantitative estimate of drug-likeness (QED) is 0.251. The molecule has 0 amide bonds. The SMILES string of the molecule is CCCCN(CCCC)C(C)c1cccc2[nH]c3cc4c(=O)c5ccccc5[nH]c4cc3c(=O)c12. The lowest BCUT2D eigenvalue weighted by atomic mass is 9.98. The van der Waals surface area contributed by atoms with Gasteiger partial charge < -0.3 is 9.97 Å². The third-order valence-corrected chi connectivity index (χ3v) is 7.28. The van der Waals surface area contributed by atoms with Crippen molar-refractivity contribution in [3.63, 3.8) is 0 Å². The zero-order valence-corrected chi connectivity index (χ0v) is 20.8. The summed E-state index contributed by atoms with van der Waals surface area (Å²) in [5.41, 5.74) is 4.01. The summed E-state index contributed by atoms with van der Waals surface area (Å²) >= 11 is 0. The highest BCUT2D eigenvalue weighted by molar-refractivity contribution is 6.03. The highest BCUT2D eigenvalue weighted by Crippen LogP contribution is 2.29.